The van der Waals surface area contributed by atoms with E-state index in [0.717, 1.165) is 31.2 Å². The van der Waals surface area contributed by atoms with Crippen molar-refractivity contribution in [2.24, 2.45) is 5.92 Å². The van der Waals surface area contributed by atoms with Gasteiger partial charge in [0.25, 0.3) is 0 Å². The fourth-order valence-corrected chi connectivity index (χ4v) is 4.21. The summed E-state index contributed by atoms with van der Waals surface area (Å²) < 4.78 is 5.49. The van der Waals surface area contributed by atoms with Crippen molar-refractivity contribution in [3.8, 4) is 6.07 Å². The van der Waals surface area contributed by atoms with Crippen LogP contribution in [0.1, 0.15) is 65.0 Å². The molecule has 142 valence electrons. The predicted octanol–water partition coefficient (Wildman–Crippen LogP) is 4.68. The van der Waals surface area contributed by atoms with E-state index in [0.29, 0.717) is 22.1 Å². The topological polar surface area (TPSA) is 82.4 Å². The first-order valence-corrected chi connectivity index (χ1v) is 9.90. The van der Waals surface area contributed by atoms with Crippen LogP contribution in [0.4, 0.5) is 14.8 Å². The Labute approximate surface area is 159 Å². The summed E-state index contributed by atoms with van der Waals surface area (Å²) in [4.78, 5) is 26.6. The van der Waals surface area contributed by atoms with Crippen LogP contribution >= 0.6 is 11.3 Å². The van der Waals surface area contributed by atoms with E-state index in [4.69, 9.17) is 4.74 Å². The Balaban J connectivity index is 2.34. The normalized spacial score (nSPS) is 14.0. The molecule has 0 spiro atoms. The Morgan fingerprint density at radius 1 is 1.35 bits per heavy atom. The average molecular weight is 378 g/mol. The lowest BCUT2D eigenvalue weighted by Gasteiger charge is -2.29. The van der Waals surface area contributed by atoms with Gasteiger partial charge in [-0.25, -0.2) is 4.79 Å². The molecule has 2 amide bonds. The Bertz CT molecular complexity index is 724. The summed E-state index contributed by atoms with van der Waals surface area (Å²) >= 11 is 1.29. The Morgan fingerprint density at radius 2 is 2.00 bits per heavy atom. The summed E-state index contributed by atoms with van der Waals surface area (Å²) in [6.45, 7) is 9.98. The summed E-state index contributed by atoms with van der Waals surface area (Å²) in [7, 11) is 0. The molecule has 1 aliphatic rings. The highest BCUT2D eigenvalue weighted by atomic mass is 32.1. The first-order valence-electron chi connectivity index (χ1n) is 9.08. The lowest BCUT2D eigenvalue weighted by Crippen LogP contribution is -2.39. The third kappa shape index (κ3) is 4.36. The largest absolute Gasteiger partial charge is 0.443 e. The number of ether oxygens (including phenoxy) is 1. The van der Waals surface area contributed by atoms with Crippen molar-refractivity contribution >= 4 is 33.3 Å². The molecule has 2 heterocycles. The predicted molar refractivity (Wildman–Crippen MR) is 104 cm³/mol. The number of thiophene rings is 1. The van der Waals surface area contributed by atoms with Crippen molar-refractivity contribution in [3.63, 3.8) is 0 Å². The van der Waals surface area contributed by atoms with Crippen molar-refractivity contribution in [1.29, 1.82) is 5.26 Å². The van der Waals surface area contributed by atoms with Gasteiger partial charge in [0, 0.05) is 18.0 Å². The molecule has 0 atom stereocenters. The zero-order valence-corrected chi connectivity index (χ0v) is 17.0. The minimum atomic E-state index is -0.587. The van der Waals surface area contributed by atoms with Gasteiger partial charge in [0.05, 0.1) is 5.56 Å². The fraction of sp³-hybridized carbons (Fsp3) is 0.632. The van der Waals surface area contributed by atoms with Crippen LogP contribution in [0, 0.1) is 17.2 Å². The van der Waals surface area contributed by atoms with E-state index in [-0.39, 0.29) is 11.8 Å². The van der Waals surface area contributed by atoms with Gasteiger partial charge in [0.1, 0.15) is 21.7 Å². The molecular formula is C19H27N3O3S. The third-order valence-corrected chi connectivity index (χ3v) is 5.53. The van der Waals surface area contributed by atoms with Crippen molar-refractivity contribution in [3.05, 3.63) is 11.1 Å². The van der Waals surface area contributed by atoms with Crippen LogP contribution in [0.15, 0.2) is 0 Å². The smallest absolute Gasteiger partial charge is 0.415 e. The number of fused-ring (bicyclic) bond motifs is 1. The van der Waals surface area contributed by atoms with Crippen LogP contribution in [0.5, 0.6) is 0 Å². The molecule has 7 heteroatoms. The highest BCUT2D eigenvalue weighted by molar-refractivity contribution is 7.20. The van der Waals surface area contributed by atoms with Crippen molar-refractivity contribution in [2.75, 3.05) is 16.8 Å². The summed E-state index contributed by atoms with van der Waals surface area (Å²) in [6, 6.07) is 2.21. The van der Waals surface area contributed by atoms with Gasteiger partial charge >= 0.3 is 6.09 Å². The number of nitrogens with zero attached hydrogens (tertiary/aromatic N) is 2. The van der Waals surface area contributed by atoms with Gasteiger partial charge in [-0.2, -0.15) is 5.26 Å². The molecule has 0 saturated heterocycles. The zero-order chi connectivity index (χ0) is 19.5. The summed E-state index contributed by atoms with van der Waals surface area (Å²) in [6.07, 6.45) is 2.56. The molecule has 2 rings (SSSR count). The first kappa shape index (κ1) is 20.2. The molecule has 0 bridgehead atoms. The monoisotopic (exact) mass is 377 g/mol. The standard InChI is InChI=1S/C19H27N3O3S/c1-6-12(7-2)15(23)21-16-14(11-20)13-9-8-10-22(17(13)26-16)18(24)25-19(3,4)5/h12H,6-10H2,1-5H3,(H,21,23). The molecule has 0 fully saturated rings. The fourth-order valence-electron chi connectivity index (χ4n) is 2.99. The SMILES string of the molecule is CCC(CC)C(=O)Nc1sc2c(c1C#N)CCCN2C(=O)OC(C)(C)C. The Kier molecular flexibility index (Phi) is 6.30. The van der Waals surface area contributed by atoms with Gasteiger partial charge in [0.15, 0.2) is 0 Å². The number of nitriles is 1. The third-order valence-electron chi connectivity index (χ3n) is 4.36. The molecule has 0 aromatic carbocycles. The van der Waals surface area contributed by atoms with Crippen molar-refractivity contribution < 1.29 is 14.3 Å². The van der Waals surface area contributed by atoms with Gasteiger partial charge < -0.3 is 10.1 Å². The zero-order valence-electron chi connectivity index (χ0n) is 16.1. The van der Waals surface area contributed by atoms with Crippen molar-refractivity contribution in [1.82, 2.24) is 0 Å². The summed E-state index contributed by atoms with van der Waals surface area (Å²) in [5.74, 6) is -0.156. The van der Waals surface area contributed by atoms with Crippen LogP contribution in [-0.4, -0.2) is 24.1 Å². The van der Waals surface area contributed by atoms with Crippen LogP contribution < -0.4 is 10.2 Å². The van der Waals surface area contributed by atoms with Gasteiger partial charge in [-0.1, -0.05) is 25.2 Å². The van der Waals surface area contributed by atoms with E-state index < -0.39 is 11.7 Å². The molecule has 0 unspecified atom stereocenters. The Hall–Kier alpha value is -2.07. The highest BCUT2D eigenvalue weighted by Crippen LogP contribution is 2.43. The first-order chi connectivity index (χ1) is 12.2. The lowest BCUT2D eigenvalue weighted by atomic mass is 10.0. The second-order valence-corrected chi connectivity index (χ2v) is 8.44. The molecule has 1 aromatic rings. The van der Waals surface area contributed by atoms with Gasteiger partial charge in [0.2, 0.25) is 5.91 Å². The number of hydrogen-bond acceptors (Lipinski definition) is 5. The number of nitrogens with one attached hydrogen (secondary N) is 1. The second-order valence-electron chi connectivity index (χ2n) is 7.44. The van der Waals surface area contributed by atoms with Crippen LogP contribution in [-0.2, 0) is 16.0 Å². The van der Waals surface area contributed by atoms with E-state index >= 15 is 0 Å². The minimum absolute atomic E-state index is 0.0751. The molecule has 26 heavy (non-hydrogen) atoms. The van der Waals surface area contributed by atoms with Gasteiger partial charge in [-0.05, 0) is 46.5 Å². The molecule has 1 aromatic heterocycles. The number of carbonyl (C=O) groups is 2. The van der Waals surface area contributed by atoms with Crippen molar-refractivity contribution in [2.45, 2.75) is 65.9 Å². The van der Waals surface area contributed by atoms with Crippen LogP contribution in [0.25, 0.3) is 0 Å². The number of rotatable bonds is 4. The van der Waals surface area contributed by atoms with Crippen LogP contribution in [0.2, 0.25) is 0 Å². The lowest BCUT2D eigenvalue weighted by molar-refractivity contribution is -0.120. The van der Waals surface area contributed by atoms with E-state index in [1.54, 1.807) is 4.90 Å². The quantitative estimate of drug-likeness (QED) is 0.826. The van der Waals surface area contributed by atoms with E-state index in [1.165, 1.54) is 11.3 Å². The van der Waals surface area contributed by atoms with Crippen LogP contribution in [0.3, 0.4) is 0 Å². The molecule has 1 N–H and O–H groups in total. The molecule has 0 radical (unpaired) electrons. The number of carbonyl (C=O) groups excluding carboxylic acids is 2. The molecule has 0 aliphatic carbocycles. The highest BCUT2D eigenvalue weighted by Gasteiger charge is 2.32. The maximum atomic E-state index is 12.5. The molecule has 6 nitrogen and oxygen atoms in total. The Morgan fingerprint density at radius 3 is 2.54 bits per heavy atom. The van der Waals surface area contributed by atoms with Gasteiger partial charge in [-0.15, -0.1) is 0 Å². The molecule has 1 aliphatic heterocycles. The molecular weight excluding hydrogens is 350 g/mol. The second kappa shape index (κ2) is 8.09. The number of hydrogen-bond donors (Lipinski definition) is 1. The van der Waals surface area contributed by atoms with E-state index in [9.17, 15) is 14.9 Å². The average Bonchev–Trinajstić information content (AvgIpc) is 2.91. The van der Waals surface area contributed by atoms with Gasteiger partial charge in [-0.3, -0.25) is 9.69 Å². The number of anilines is 2. The van der Waals surface area contributed by atoms with E-state index in [1.807, 2.05) is 34.6 Å². The summed E-state index contributed by atoms with van der Waals surface area (Å²) in [5.41, 5.74) is 0.711. The summed E-state index contributed by atoms with van der Waals surface area (Å²) in [5, 5.41) is 13.8. The number of amides is 2. The maximum absolute atomic E-state index is 12.5. The maximum Gasteiger partial charge on any atom is 0.415 e. The van der Waals surface area contributed by atoms with E-state index in [2.05, 4.69) is 11.4 Å². The molecule has 0 saturated carbocycles. The minimum Gasteiger partial charge on any atom is -0.443 e.